The molecule has 2 aromatic carbocycles. The topological polar surface area (TPSA) is 47.4 Å². The molecule has 1 atom stereocenters. The molecule has 1 aromatic heterocycles. The molecule has 29 heavy (non-hydrogen) atoms. The second-order valence-electron chi connectivity index (χ2n) is 7.42. The molecule has 0 unspecified atom stereocenters. The van der Waals surface area contributed by atoms with Crippen LogP contribution in [0.25, 0.3) is 0 Å². The van der Waals surface area contributed by atoms with E-state index in [4.69, 9.17) is 16.3 Å². The molecule has 0 spiro atoms. The Labute approximate surface area is 175 Å². The van der Waals surface area contributed by atoms with Gasteiger partial charge in [0.25, 0.3) is 5.91 Å². The van der Waals surface area contributed by atoms with Gasteiger partial charge < -0.3 is 9.64 Å². The Morgan fingerprint density at radius 2 is 1.86 bits per heavy atom. The van der Waals surface area contributed by atoms with Gasteiger partial charge in [-0.05, 0) is 25.0 Å². The van der Waals surface area contributed by atoms with Crippen LogP contribution in [0.4, 0.5) is 0 Å². The Morgan fingerprint density at radius 1 is 1.14 bits per heavy atom. The molecular weight excluding hydrogens is 386 g/mol. The average Bonchev–Trinajstić information content (AvgIpc) is 3.03. The van der Waals surface area contributed by atoms with E-state index in [9.17, 15) is 4.79 Å². The van der Waals surface area contributed by atoms with E-state index in [1.54, 1.807) is 4.68 Å². The lowest BCUT2D eigenvalue weighted by Crippen LogP contribution is -2.42. The zero-order valence-corrected chi connectivity index (χ0v) is 17.4. The van der Waals surface area contributed by atoms with E-state index in [1.165, 1.54) is 5.56 Å². The number of rotatable bonds is 4. The van der Waals surface area contributed by atoms with E-state index >= 15 is 0 Å². The van der Waals surface area contributed by atoms with Crippen molar-refractivity contribution in [3.05, 3.63) is 87.7 Å². The molecule has 0 radical (unpaired) electrons. The number of amides is 1. The fraction of sp³-hybridized carbons (Fsp3) is 0.304. The number of carbonyl (C=O) groups is 1. The molecular formula is C23H24ClN3O2. The Hall–Kier alpha value is -2.63. The smallest absolute Gasteiger partial charge is 0.259 e. The highest BCUT2D eigenvalue weighted by Gasteiger charge is 2.30. The number of halogens is 1. The number of ether oxygens (including phenoxy) is 1. The van der Waals surface area contributed by atoms with E-state index in [0.717, 1.165) is 11.1 Å². The van der Waals surface area contributed by atoms with Crippen molar-refractivity contribution in [3.8, 4) is 0 Å². The SMILES string of the molecule is Cc1ccc(Cn2nc(C)c(C(=O)N3CCO[C@H](c4ccccc4)C3)c2Cl)cc1. The van der Waals surface area contributed by atoms with Gasteiger partial charge in [-0.15, -0.1) is 0 Å². The van der Waals surface area contributed by atoms with Crippen LogP contribution in [-0.2, 0) is 11.3 Å². The highest BCUT2D eigenvalue weighted by Crippen LogP contribution is 2.27. The minimum Gasteiger partial charge on any atom is -0.370 e. The Balaban J connectivity index is 1.54. The molecule has 1 saturated heterocycles. The van der Waals surface area contributed by atoms with Gasteiger partial charge in [0.15, 0.2) is 0 Å². The van der Waals surface area contributed by atoms with Gasteiger partial charge in [-0.1, -0.05) is 71.8 Å². The number of aryl methyl sites for hydroxylation is 2. The summed E-state index contributed by atoms with van der Waals surface area (Å²) in [6.07, 6.45) is -0.129. The Morgan fingerprint density at radius 3 is 2.59 bits per heavy atom. The monoisotopic (exact) mass is 409 g/mol. The van der Waals surface area contributed by atoms with Crippen molar-refractivity contribution in [1.82, 2.24) is 14.7 Å². The van der Waals surface area contributed by atoms with Crippen LogP contribution in [0.2, 0.25) is 5.15 Å². The quantitative estimate of drug-likeness (QED) is 0.641. The minimum atomic E-state index is -0.129. The van der Waals surface area contributed by atoms with Gasteiger partial charge in [0.2, 0.25) is 0 Å². The highest BCUT2D eigenvalue weighted by molar-refractivity contribution is 6.33. The van der Waals surface area contributed by atoms with E-state index < -0.39 is 0 Å². The molecule has 1 aliphatic heterocycles. The minimum absolute atomic E-state index is 0.0908. The van der Waals surface area contributed by atoms with Crippen molar-refractivity contribution in [2.24, 2.45) is 0 Å². The lowest BCUT2D eigenvalue weighted by Gasteiger charge is -2.33. The van der Waals surface area contributed by atoms with Crippen molar-refractivity contribution in [2.45, 2.75) is 26.5 Å². The summed E-state index contributed by atoms with van der Waals surface area (Å²) in [6, 6.07) is 18.2. The van der Waals surface area contributed by atoms with Gasteiger partial charge in [0.1, 0.15) is 11.3 Å². The predicted octanol–water partition coefficient (Wildman–Crippen LogP) is 4.42. The van der Waals surface area contributed by atoms with Crippen LogP contribution in [0.3, 0.4) is 0 Å². The molecule has 1 fully saturated rings. The van der Waals surface area contributed by atoms with Gasteiger partial charge in [-0.2, -0.15) is 5.10 Å². The predicted molar refractivity (Wildman–Crippen MR) is 113 cm³/mol. The maximum Gasteiger partial charge on any atom is 0.259 e. The summed E-state index contributed by atoms with van der Waals surface area (Å²) < 4.78 is 7.59. The second-order valence-corrected chi connectivity index (χ2v) is 7.77. The van der Waals surface area contributed by atoms with Crippen molar-refractivity contribution in [3.63, 3.8) is 0 Å². The van der Waals surface area contributed by atoms with E-state index in [-0.39, 0.29) is 12.0 Å². The molecule has 0 aliphatic carbocycles. The van der Waals surface area contributed by atoms with Crippen LogP contribution >= 0.6 is 11.6 Å². The van der Waals surface area contributed by atoms with Crippen molar-refractivity contribution in [2.75, 3.05) is 19.7 Å². The second kappa shape index (κ2) is 8.39. The first kappa shape index (κ1) is 19.7. The highest BCUT2D eigenvalue weighted by atomic mass is 35.5. The number of morpholine rings is 1. The molecule has 6 heteroatoms. The van der Waals surface area contributed by atoms with E-state index in [2.05, 4.69) is 36.3 Å². The largest absolute Gasteiger partial charge is 0.370 e. The summed E-state index contributed by atoms with van der Waals surface area (Å²) in [5.41, 5.74) is 4.49. The fourth-order valence-electron chi connectivity index (χ4n) is 3.63. The number of hydrogen-bond donors (Lipinski definition) is 0. The van der Waals surface area contributed by atoms with Gasteiger partial charge in [-0.3, -0.25) is 4.79 Å². The first-order valence-corrected chi connectivity index (χ1v) is 10.1. The van der Waals surface area contributed by atoms with Gasteiger partial charge in [0, 0.05) is 6.54 Å². The Bertz CT molecular complexity index is 999. The standard InChI is InChI=1S/C23H24ClN3O2/c1-16-8-10-18(11-9-16)14-27-22(24)21(17(2)25-27)23(28)26-12-13-29-20(15-26)19-6-4-3-5-7-19/h3-11,20H,12-15H2,1-2H3/t20-/m0/s1. The van der Waals surface area contributed by atoms with Crippen LogP contribution in [-0.4, -0.2) is 40.3 Å². The first-order valence-electron chi connectivity index (χ1n) is 9.77. The van der Waals surface area contributed by atoms with Crippen molar-refractivity contribution >= 4 is 17.5 Å². The summed E-state index contributed by atoms with van der Waals surface area (Å²) in [5, 5.41) is 4.91. The average molecular weight is 410 g/mol. The zero-order chi connectivity index (χ0) is 20.4. The van der Waals surface area contributed by atoms with Crippen molar-refractivity contribution in [1.29, 1.82) is 0 Å². The van der Waals surface area contributed by atoms with Crippen LogP contribution in [0, 0.1) is 13.8 Å². The maximum absolute atomic E-state index is 13.3. The van der Waals surface area contributed by atoms with Gasteiger partial charge in [-0.25, -0.2) is 4.68 Å². The van der Waals surface area contributed by atoms with Crippen LogP contribution in [0.1, 0.15) is 38.8 Å². The number of benzene rings is 2. The molecule has 150 valence electrons. The van der Waals surface area contributed by atoms with Crippen LogP contribution in [0.5, 0.6) is 0 Å². The third-order valence-electron chi connectivity index (χ3n) is 5.26. The first-order chi connectivity index (χ1) is 14.0. The maximum atomic E-state index is 13.3. The van der Waals surface area contributed by atoms with Gasteiger partial charge in [0.05, 0.1) is 31.0 Å². The van der Waals surface area contributed by atoms with Crippen LogP contribution < -0.4 is 0 Å². The third kappa shape index (κ3) is 4.21. The normalized spacial score (nSPS) is 16.8. The summed E-state index contributed by atoms with van der Waals surface area (Å²) in [4.78, 5) is 15.1. The third-order valence-corrected chi connectivity index (χ3v) is 5.64. The molecule has 1 aliphatic rings. The van der Waals surface area contributed by atoms with E-state index in [0.29, 0.717) is 42.7 Å². The fourth-order valence-corrected chi connectivity index (χ4v) is 3.94. The molecule has 1 amide bonds. The molecule has 5 nitrogen and oxygen atoms in total. The van der Waals surface area contributed by atoms with E-state index in [1.807, 2.05) is 42.2 Å². The molecule has 0 bridgehead atoms. The summed E-state index contributed by atoms with van der Waals surface area (Å²) in [5.74, 6) is -0.0908. The number of aromatic nitrogens is 2. The molecule has 2 heterocycles. The van der Waals surface area contributed by atoms with Crippen molar-refractivity contribution < 1.29 is 9.53 Å². The lowest BCUT2D eigenvalue weighted by atomic mass is 10.1. The summed E-state index contributed by atoms with van der Waals surface area (Å²) in [7, 11) is 0. The number of nitrogens with zero attached hydrogens (tertiary/aromatic N) is 3. The number of carbonyl (C=O) groups excluding carboxylic acids is 1. The molecule has 0 saturated carbocycles. The summed E-state index contributed by atoms with van der Waals surface area (Å²) >= 11 is 6.60. The lowest BCUT2D eigenvalue weighted by molar-refractivity contribution is -0.0228. The summed E-state index contributed by atoms with van der Waals surface area (Å²) in [6.45, 7) is 5.96. The zero-order valence-electron chi connectivity index (χ0n) is 16.6. The van der Waals surface area contributed by atoms with Crippen LogP contribution in [0.15, 0.2) is 54.6 Å². The Kier molecular flexibility index (Phi) is 5.69. The molecule has 0 N–H and O–H groups in total. The molecule has 3 aromatic rings. The number of hydrogen-bond acceptors (Lipinski definition) is 3. The molecule has 4 rings (SSSR count). The van der Waals surface area contributed by atoms with Gasteiger partial charge >= 0.3 is 0 Å².